The second-order valence-corrected chi connectivity index (χ2v) is 5.50. The Hall–Kier alpha value is -0.650. The van der Waals surface area contributed by atoms with E-state index in [1.54, 1.807) is 0 Å². The molecule has 0 saturated heterocycles. The molecule has 0 rings (SSSR count). The summed E-state index contributed by atoms with van der Waals surface area (Å²) in [4.78, 5) is 19.3. The maximum absolute atomic E-state index is 12.4. The molecule has 0 radical (unpaired) electrons. The van der Waals surface area contributed by atoms with E-state index in [1.165, 1.54) is 0 Å². The molecule has 0 aromatic rings. The van der Waals surface area contributed by atoms with Crippen LogP contribution in [0.5, 0.6) is 0 Å². The SMILES string of the molecule is CCN(CC)C(N(CC)CC)C(C)(C(N)=O)N(CC)CC. The number of primary amides is 1. The Morgan fingerprint density at radius 1 is 0.857 bits per heavy atom. The van der Waals surface area contributed by atoms with E-state index >= 15 is 0 Å². The fourth-order valence-corrected chi connectivity index (χ4v) is 3.41. The minimum absolute atomic E-state index is 0.0000926. The summed E-state index contributed by atoms with van der Waals surface area (Å²) >= 11 is 0. The van der Waals surface area contributed by atoms with Crippen LogP contribution in [-0.4, -0.2) is 71.6 Å². The third-order valence-electron chi connectivity index (χ3n) is 4.74. The zero-order valence-corrected chi connectivity index (χ0v) is 15.1. The summed E-state index contributed by atoms with van der Waals surface area (Å²) in [5, 5.41) is 0. The van der Waals surface area contributed by atoms with Gasteiger partial charge in [0.25, 0.3) is 0 Å². The van der Waals surface area contributed by atoms with Gasteiger partial charge in [0.15, 0.2) is 0 Å². The normalized spacial score (nSPS) is 15.2. The Balaban J connectivity index is 5.95. The number of nitrogens with two attached hydrogens (primary N) is 1. The van der Waals surface area contributed by atoms with Crippen molar-refractivity contribution in [1.82, 2.24) is 14.7 Å². The van der Waals surface area contributed by atoms with Crippen molar-refractivity contribution in [2.45, 2.75) is 60.2 Å². The number of hydrogen-bond donors (Lipinski definition) is 1. The van der Waals surface area contributed by atoms with E-state index in [2.05, 4.69) is 56.2 Å². The Bertz CT molecular complexity index is 287. The number of nitrogens with zero attached hydrogens (tertiary/aromatic N) is 3. The maximum atomic E-state index is 12.4. The largest absolute Gasteiger partial charge is 0.368 e. The molecular weight excluding hydrogens is 264 g/mol. The minimum atomic E-state index is -0.693. The lowest BCUT2D eigenvalue weighted by atomic mass is 9.91. The molecule has 0 aliphatic rings. The van der Waals surface area contributed by atoms with Crippen molar-refractivity contribution in [3.8, 4) is 0 Å². The lowest BCUT2D eigenvalue weighted by Gasteiger charge is -2.51. The van der Waals surface area contributed by atoms with Gasteiger partial charge in [-0.3, -0.25) is 19.5 Å². The summed E-state index contributed by atoms with van der Waals surface area (Å²) in [6, 6.07) is 0. The van der Waals surface area contributed by atoms with Gasteiger partial charge in [0.2, 0.25) is 5.91 Å². The first-order valence-electron chi connectivity index (χ1n) is 8.41. The highest BCUT2D eigenvalue weighted by Gasteiger charge is 2.48. The highest BCUT2D eigenvalue weighted by Crippen LogP contribution is 2.26. The standard InChI is InChI=1S/C16H36N4O/c1-8-18(9-2)15(19(10-3)11-4)16(7,14(17)21)20(12-5)13-6/h15H,8-13H2,1-7H3,(H2,17,21). The first-order valence-corrected chi connectivity index (χ1v) is 8.41. The van der Waals surface area contributed by atoms with Crippen molar-refractivity contribution >= 4 is 5.91 Å². The summed E-state index contributed by atoms with van der Waals surface area (Å²) in [7, 11) is 0. The van der Waals surface area contributed by atoms with E-state index in [0.29, 0.717) is 0 Å². The van der Waals surface area contributed by atoms with Crippen LogP contribution in [0.4, 0.5) is 0 Å². The van der Waals surface area contributed by atoms with Crippen molar-refractivity contribution in [2.75, 3.05) is 39.3 Å². The minimum Gasteiger partial charge on any atom is -0.368 e. The van der Waals surface area contributed by atoms with Crippen LogP contribution in [-0.2, 0) is 4.79 Å². The molecule has 2 N–H and O–H groups in total. The van der Waals surface area contributed by atoms with E-state index < -0.39 is 5.54 Å². The molecule has 21 heavy (non-hydrogen) atoms. The number of amides is 1. The number of likely N-dealkylation sites (N-methyl/N-ethyl adjacent to an activating group) is 3. The van der Waals surface area contributed by atoms with E-state index in [9.17, 15) is 4.79 Å². The molecule has 0 saturated carbocycles. The molecule has 0 bridgehead atoms. The molecule has 5 heteroatoms. The quantitative estimate of drug-likeness (QED) is 0.589. The van der Waals surface area contributed by atoms with E-state index in [-0.39, 0.29) is 12.1 Å². The van der Waals surface area contributed by atoms with Gasteiger partial charge in [-0.1, -0.05) is 41.5 Å². The number of hydrogen-bond acceptors (Lipinski definition) is 4. The van der Waals surface area contributed by atoms with Gasteiger partial charge in [0.05, 0.1) is 6.17 Å². The predicted molar refractivity (Wildman–Crippen MR) is 90.2 cm³/mol. The Labute approximate surface area is 131 Å². The van der Waals surface area contributed by atoms with Crippen LogP contribution in [0.1, 0.15) is 48.5 Å². The van der Waals surface area contributed by atoms with Crippen molar-refractivity contribution in [3.05, 3.63) is 0 Å². The Morgan fingerprint density at radius 2 is 1.19 bits per heavy atom. The van der Waals surface area contributed by atoms with E-state index in [1.807, 2.05) is 6.92 Å². The van der Waals surface area contributed by atoms with Crippen LogP contribution >= 0.6 is 0 Å². The van der Waals surface area contributed by atoms with Gasteiger partial charge < -0.3 is 5.73 Å². The molecule has 0 aliphatic carbocycles. The van der Waals surface area contributed by atoms with E-state index in [4.69, 9.17) is 5.73 Å². The van der Waals surface area contributed by atoms with Gasteiger partial charge in [-0.25, -0.2) is 0 Å². The first kappa shape index (κ1) is 20.3. The monoisotopic (exact) mass is 300 g/mol. The van der Waals surface area contributed by atoms with Gasteiger partial charge in [0.1, 0.15) is 5.54 Å². The summed E-state index contributed by atoms with van der Waals surface area (Å²) in [6.45, 7) is 20.0. The summed E-state index contributed by atoms with van der Waals surface area (Å²) in [5.41, 5.74) is 5.19. The molecule has 126 valence electrons. The zero-order chi connectivity index (χ0) is 16.6. The van der Waals surface area contributed by atoms with Crippen LogP contribution in [0, 0.1) is 0 Å². The number of carbonyl (C=O) groups is 1. The van der Waals surface area contributed by atoms with Gasteiger partial charge in [-0.15, -0.1) is 0 Å². The number of carbonyl (C=O) groups excluding carboxylic acids is 1. The predicted octanol–water partition coefficient (Wildman–Crippen LogP) is 1.58. The highest BCUT2D eigenvalue weighted by molar-refractivity contribution is 5.85. The van der Waals surface area contributed by atoms with Crippen LogP contribution in [0.2, 0.25) is 0 Å². The fourth-order valence-electron chi connectivity index (χ4n) is 3.41. The van der Waals surface area contributed by atoms with Crippen LogP contribution in [0.15, 0.2) is 0 Å². The molecule has 1 amide bonds. The van der Waals surface area contributed by atoms with Crippen LogP contribution in [0.25, 0.3) is 0 Å². The molecule has 0 aromatic heterocycles. The fraction of sp³-hybridized carbons (Fsp3) is 0.938. The molecule has 0 aliphatic heterocycles. The molecule has 0 spiro atoms. The summed E-state index contributed by atoms with van der Waals surface area (Å²) in [6.07, 6.45) is -0.0000926. The van der Waals surface area contributed by atoms with Gasteiger partial charge in [0, 0.05) is 0 Å². The Morgan fingerprint density at radius 3 is 1.38 bits per heavy atom. The molecule has 5 nitrogen and oxygen atoms in total. The third kappa shape index (κ3) is 4.18. The lowest BCUT2D eigenvalue weighted by Crippen LogP contribution is -2.71. The molecular formula is C16H36N4O. The molecule has 0 aromatic carbocycles. The molecule has 0 fully saturated rings. The summed E-state index contributed by atoms with van der Waals surface area (Å²) in [5.74, 6) is -0.241. The average Bonchev–Trinajstić information content (AvgIpc) is 2.48. The molecule has 0 heterocycles. The average molecular weight is 300 g/mol. The zero-order valence-electron chi connectivity index (χ0n) is 15.1. The topological polar surface area (TPSA) is 52.8 Å². The van der Waals surface area contributed by atoms with Crippen LogP contribution in [0.3, 0.4) is 0 Å². The second-order valence-electron chi connectivity index (χ2n) is 5.50. The van der Waals surface area contributed by atoms with Crippen molar-refractivity contribution < 1.29 is 4.79 Å². The smallest absolute Gasteiger partial charge is 0.240 e. The van der Waals surface area contributed by atoms with Crippen LogP contribution < -0.4 is 5.73 Å². The lowest BCUT2D eigenvalue weighted by molar-refractivity contribution is -0.142. The van der Waals surface area contributed by atoms with Gasteiger partial charge in [-0.2, -0.15) is 0 Å². The highest BCUT2D eigenvalue weighted by atomic mass is 16.1. The van der Waals surface area contributed by atoms with Crippen molar-refractivity contribution in [1.29, 1.82) is 0 Å². The van der Waals surface area contributed by atoms with E-state index in [0.717, 1.165) is 39.3 Å². The number of rotatable bonds is 11. The molecule has 1 unspecified atom stereocenters. The van der Waals surface area contributed by atoms with Gasteiger partial charge >= 0.3 is 0 Å². The maximum Gasteiger partial charge on any atom is 0.240 e. The van der Waals surface area contributed by atoms with Gasteiger partial charge in [-0.05, 0) is 46.2 Å². The second kappa shape index (κ2) is 9.38. The first-order chi connectivity index (χ1) is 9.88. The van der Waals surface area contributed by atoms with Crippen molar-refractivity contribution in [2.24, 2.45) is 5.73 Å². The van der Waals surface area contributed by atoms with Crippen molar-refractivity contribution in [3.63, 3.8) is 0 Å². The Kier molecular flexibility index (Phi) is 9.09. The summed E-state index contributed by atoms with van der Waals surface area (Å²) < 4.78 is 0. The molecule has 1 atom stereocenters. The third-order valence-corrected chi connectivity index (χ3v) is 4.74.